The number of carbonyl (C=O) groups is 2. The average molecular weight is 745 g/mol. The molecule has 8 nitrogen and oxygen atoms in total. The monoisotopic (exact) mass is 742 g/mol. The van der Waals surface area contributed by atoms with Gasteiger partial charge in [0.25, 0.3) is 0 Å². The van der Waals surface area contributed by atoms with Crippen molar-refractivity contribution in [3.05, 3.63) is 73.7 Å². The summed E-state index contributed by atoms with van der Waals surface area (Å²) in [5, 5.41) is 21.2. The van der Waals surface area contributed by atoms with E-state index in [4.69, 9.17) is 55.9 Å². The summed E-state index contributed by atoms with van der Waals surface area (Å²) < 4.78 is 10.9. The van der Waals surface area contributed by atoms with Crippen molar-refractivity contribution in [3.8, 4) is 0 Å². The van der Waals surface area contributed by atoms with Gasteiger partial charge in [0.1, 0.15) is 11.2 Å². The lowest BCUT2D eigenvalue weighted by Crippen LogP contribution is -2.45. The highest BCUT2D eigenvalue weighted by Gasteiger charge is 2.67. The molecule has 4 atom stereocenters. The molecule has 0 radical (unpaired) electrons. The van der Waals surface area contributed by atoms with Crippen LogP contribution in [0.25, 0.3) is 5.57 Å². The molecule has 48 heavy (non-hydrogen) atoms. The van der Waals surface area contributed by atoms with Crippen LogP contribution in [0.3, 0.4) is 0 Å². The van der Waals surface area contributed by atoms with Gasteiger partial charge in [0.15, 0.2) is 0 Å². The Morgan fingerprint density at radius 1 is 0.854 bits per heavy atom. The fourth-order valence-corrected chi connectivity index (χ4v) is 7.32. The Morgan fingerprint density at radius 2 is 1.46 bits per heavy atom. The fourth-order valence-electron chi connectivity index (χ4n) is 6.72. The van der Waals surface area contributed by atoms with Crippen LogP contribution < -0.4 is 0 Å². The molecule has 264 valence electrons. The molecule has 0 aromatic heterocycles. The molecule has 2 aromatic rings. The van der Waals surface area contributed by atoms with Crippen LogP contribution >= 0.6 is 46.4 Å². The van der Waals surface area contributed by atoms with E-state index in [1.807, 2.05) is 71.9 Å². The Morgan fingerprint density at radius 3 is 2.02 bits per heavy atom. The zero-order valence-electron chi connectivity index (χ0n) is 28.4. The largest absolute Gasteiger partial charge is 0.444 e. The zero-order valence-corrected chi connectivity index (χ0v) is 31.4. The minimum absolute atomic E-state index is 0.00484. The molecular weight excluding hydrogens is 698 g/mol. The van der Waals surface area contributed by atoms with E-state index in [1.54, 1.807) is 21.9 Å². The molecule has 2 unspecified atom stereocenters. The standard InChI is InChI=1S/2C18H23Cl2NO3/c1-17(2,3)24-16(23)21-7-6-18(12(9-21)13(18)10-22)11-4-5-14(19)15(20)8-11;1-18(2,3)24-17(23)21-8-6-13(10-14(21)7-9-22)12-4-5-15(19)16(20)11-12/h4-5,8,12-13,22H,6-7,9-10H2,1-3H3;4-5,10-11,14,22H,6-9H2,1-3H3/t12-,13?,18+;/m0./s1. The summed E-state index contributed by atoms with van der Waals surface area (Å²) in [6.45, 7) is 13.0. The van der Waals surface area contributed by atoms with Crippen molar-refractivity contribution in [2.24, 2.45) is 11.8 Å². The van der Waals surface area contributed by atoms with Gasteiger partial charge in [-0.15, -0.1) is 0 Å². The van der Waals surface area contributed by atoms with Crippen LogP contribution in [0.2, 0.25) is 20.1 Å². The van der Waals surface area contributed by atoms with E-state index in [1.165, 1.54) is 0 Å². The van der Waals surface area contributed by atoms with Crippen LogP contribution in [-0.4, -0.2) is 82.3 Å². The lowest BCUT2D eigenvalue weighted by atomic mass is 9.86. The number of rotatable bonds is 5. The molecule has 3 aliphatic rings. The van der Waals surface area contributed by atoms with Crippen LogP contribution in [0.4, 0.5) is 9.59 Å². The van der Waals surface area contributed by atoms with E-state index < -0.39 is 11.2 Å². The van der Waals surface area contributed by atoms with Crippen molar-refractivity contribution in [2.45, 2.75) is 83.5 Å². The molecule has 2 N–H and O–H groups in total. The fraction of sp³-hybridized carbons (Fsp3) is 0.556. The number of aliphatic hydroxyl groups excluding tert-OH is 2. The van der Waals surface area contributed by atoms with Gasteiger partial charge >= 0.3 is 12.2 Å². The highest BCUT2D eigenvalue weighted by molar-refractivity contribution is 6.42. The van der Waals surface area contributed by atoms with Gasteiger partial charge in [-0.2, -0.15) is 0 Å². The molecular formula is C36H46Cl4N2O6. The van der Waals surface area contributed by atoms with Gasteiger partial charge in [0, 0.05) is 38.3 Å². The summed E-state index contributed by atoms with van der Waals surface area (Å²) in [5.74, 6) is 0.364. The molecule has 5 rings (SSSR count). The number of ether oxygens (including phenoxy) is 2. The van der Waals surface area contributed by atoms with Crippen molar-refractivity contribution >= 4 is 64.2 Å². The first kappa shape index (κ1) is 38.6. The van der Waals surface area contributed by atoms with Gasteiger partial charge in [-0.1, -0.05) is 64.6 Å². The van der Waals surface area contributed by atoms with Crippen molar-refractivity contribution in [3.63, 3.8) is 0 Å². The molecule has 0 bridgehead atoms. The molecule has 2 fully saturated rings. The van der Waals surface area contributed by atoms with Gasteiger partial charge in [-0.3, -0.25) is 0 Å². The molecule has 12 heteroatoms. The number of hydrogen-bond donors (Lipinski definition) is 2. The minimum atomic E-state index is -0.547. The van der Waals surface area contributed by atoms with Gasteiger partial charge in [-0.25, -0.2) is 9.59 Å². The molecule has 1 saturated heterocycles. The first-order chi connectivity index (χ1) is 22.4. The van der Waals surface area contributed by atoms with E-state index in [2.05, 4.69) is 0 Å². The molecule has 1 saturated carbocycles. The van der Waals surface area contributed by atoms with Crippen molar-refractivity contribution in [2.75, 3.05) is 32.8 Å². The number of fused-ring (bicyclic) bond motifs is 1. The van der Waals surface area contributed by atoms with E-state index in [0.717, 1.165) is 23.1 Å². The summed E-state index contributed by atoms with van der Waals surface area (Å²) in [5.41, 5.74) is 2.01. The van der Waals surface area contributed by atoms with Crippen molar-refractivity contribution in [1.29, 1.82) is 0 Å². The van der Waals surface area contributed by atoms with E-state index >= 15 is 0 Å². The highest BCUT2D eigenvalue weighted by Crippen LogP contribution is 2.64. The summed E-state index contributed by atoms with van der Waals surface area (Å²) in [6.07, 6.45) is 3.31. The third-order valence-corrected chi connectivity index (χ3v) is 10.5. The predicted octanol–water partition coefficient (Wildman–Crippen LogP) is 8.88. The molecule has 2 aromatic carbocycles. The maximum absolute atomic E-state index is 12.4. The quantitative estimate of drug-likeness (QED) is 0.318. The van der Waals surface area contributed by atoms with E-state index in [-0.39, 0.29) is 48.7 Å². The van der Waals surface area contributed by atoms with Crippen LogP contribution in [0.15, 0.2) is 42.5 Å². The van der Waals surface area contributed by atoms with Crippen molar-refractivity contribution in [1.82, 2.24) is 9.80 Å². The Bertz CT molecular complexity index is 1520. The Hall–Kier alpha value is -2.20. The lowest BCUT2D eigenvalue weighted by Gasteiger charge is -2.35. The van der Waals surface area contributed by atoms with Crippen LogP contribution in [-0.2, 0) is 14.9 Å². The number of piperidine rings is 1. The summed E-state index contributed by atoms with van der Waals surface area (Å²) in [4.78, 5) is 28.1. The first-order valence-electron chi connectivity index (χ1n) is 16.2. The van der Waals surface area contributed by atoms with Crippen molar-refractivity contribution < 1.29 is 29.3 Å². The number of hydrogen-bond acceptors (Lipinski definition) is 6. The Balaban J connectivity index is 0.000000217. The number of likely N-dealkylation sites (tertiary alicyclic amines) is 1. The first-order valence-corrected chi connectivity index (χ1v) is 17.7. The second-order valence-corrected chi connectivity index (χ2v) is 16.2. The number of aliphatic hydroxyl groups is 2. The predicted molar refractivity (Wildman–Crippen MR) is 192 cm³/mol. The normalized spacial score (nSPS) is 23.8. The Labute approximate surface area is 303 Å². The van der Waals surface area contributed by atoms with E-state index in [9.17, 15) is 19.8 Å². The number of halogens is 4. The van der Waals surface area contributed by atoms with Gasteiger partial charge in [0.2, 0.25) is 0 Å². The highest BCUT2D eigenvalue weighted by atomic mass is 35.5. The van der Waals surface area contributed by atoms with Crippen LogP contribution in [0.1, 0.15) is 71.9 Å². The third kappa shape index (κ3) is 9.12. The molecule has 0 spiro atoms. The van der Waals surface area contributed by atoms with Gasteiger partial charge < -0.3 is 29.5 Å². The average Bonchev–Trinajstić information content (AvgIpc) is 3.66. The zero-order chi connectivity index (χ0) is 35.6. The van der Waals surface area contributed by atoms with Gasteiger partial charge in [0.05, 0.1) is 26.1 Å². The SMILES string of the molecule is CC(C)(C)OC(=O)N1CCC(c2ccc(Cl)c(Cl)c2)=CC1CCO.CC(C)(C)OC(=O)N1CC[C@]2(c3ccc(Cl)c(Cl)c3)C(CO)[C@@H]2C1. The molecule has 2 aliphatic heterocycles. The molecule has 1 aliphatic carbocycles. The second-order valence-electron chi connectivity index (χ2n) is 14.6. The minimum Gasteiger partial charge on any atom is -0.444 e. The molecule has 2 heterocycles. The smallest absolute Gasteiger partial charge is 0.410 e. The van der Waals surface area contributed by atoms with E-state index in [0.29, 0.717) is 52.6 Å². The topological polar surface area (TPSA) is 99.5 Å². The number of carbonyl (C=O) groups excluding carboxylic acids is 2. The number of nitrogens with zero attached hydrogens (tertiary/aromatic N) is 2. The second kappa shape index (κ2) is 15.4. The maximum Gasteiger partial charge on any atom is 0.410 e. The summed E-state index contributed by atoms with van der Waals surface area (Å²) >= 11 is 24.3. The van der Waals surface area contributed by atoms with Gasteiger partial charge in [-0.05, 0) is 114 Å². The summed E-state index contributed by atoms with van der Waals surface area (Å²) in [7, 11) is 0. The summed E-state index contributed by atoms with van der Waals surface area (Å²) in [6, 6.07) is 11.0. The Kier molecular flexibility index (Phi) is 12.4. The molecule has 2 amide bonds. The lowest BCUT2D eigenvalue weighted by molar-refractivity contribution is 0.0173. The number of benzene rings is 2. The maximum atomic E-state index is 12.4. The third-order valence-electron chi connectivity index (χ3n) is 8.98. The number of amides is 2. The van der Waals surface area contributed by atoms with Crippen LogP contribution in [0.5, 0.6) is 0 Å². The van der Waals surface area contributed by atoms with Crippen LogP contribution in [0, 0.1) is 11.8 Å².